The van der Waals surface area contributed by atoms with Crippen LogP contribution < -0.4 is 4.90 Å². The number of hydrogen-bond donors (Lipinski definition) is 0. The minimum absolute atomic E-state index is 0.0657. The van der Waals surface area contributed by atoms with Gasteiger partial charge in [0.1, 0.15) is 0 Å². The average Bonchev–Trinajstić information content (AvgIpc) is 3.05. The highest BCUT2D eigenvalue weighted by Crippen LogP contribution is 2.49. The molecule has 144 valence electrons. The molecule has 1 aliphatic heterocycles. The number of benzene rings is 3. The van der Waals surface area contributed by atoms with Gasteiger partial charge in [-0.25, -0.2) is 0 Å². The smallest absolute Gasteiger partial charge is 0.196 e. The number of anilines is 2. The minimum Gasteiger partial charge on any atom is -0.343 e. The third-order valence-electron chi connectivity index (χ3n) is 5.88. The molecule has 4 heteroatoms. The highest BCUT2D eigenvalue weighted by molar-refractivity contribution is 7.99. The maximum Gasteiger partial charge on any atom is 0.196 e. The number of ketones is 1. The van der Waals surface area contributed by atoms with E-state index in [4.69, 9.17) is 4.98 Å². The molecule has 0 fully saturated rings. The van der Waals surface area contributed by atoms with Crippen molar-refractivity contribution >= 4 is 28.9 Å². The Hall–Kier alpha value is -3.37. The van der Waals surface area contributed by atoms with E-state index in [1.54, 1.807) is 11.8 Å². The van der Waals surface area contributed by atoms with Crippen molar-refractivity contribution in [3.63, 3.8) is 0 Å². The van der Waals surface area contributed by atoms with Crippen LogP contribution in [0.25, 0.3) is 22.4 Å². The summed E-state index contributed by atoms with van der Waals surface area (Å²) in [5.41, 5.74) is 8.53. The first-order valence-corrected chi connectivity index (χ1v) is 10.7. The van der Waals surface area contributed by atoms with E-state index in [0.29, 0.717) is 0 Å². The molecule has 0 unspecified atom stereocenters. The van der Waals surface area contributed by atoms with Gasteiger partial charge in [0.2, 0.25) is 0 Å². The number of pyridine rings is 1. The van der Waals surface area contributed by atoms with Crippen molar-refractivity contribution in [2.24, 2.45) is 0 Å². The molecule has 0 saturated carbocycles. The van der Waals surface area contributed by atoms with E-state index in [1.807, 2.05) is 37.3 Å². The van der Waals surface area contributed by atoms with E-state index in [1.165, 1.54) is 21.2 Å². The fraction of sp³-hybridized carbons (Fsp3) is 0.0769. The predicted molar refractivity (Wildman–Crippen MR) is 122 cm³/mol. The number of carbonyl (C=O) groups excluding carboxylic acids is 1. The quantitative estimate of drug-likeness (QED) is 0.318. The highest BCUT2D eigenvalue weighted by Gasteiger charge is 2.31. The first-order chi connectivity index (χ1) is 14.6. The van der Waals surface area contributed by atoms with Gasteiger partial charge in [-0.1, -0.05) is 54.2 Å². The van der Waals surface area contributed by atoms with Crippen molar-refractivity contribution in [1.82, 2.24) is 4.98 Å². The Morgan fingerprint density at radius 1 is 0.800 bits per heavy atom. The molecular formula is C26H18N2OS. The number of carbonyl (C=O) groups is 1. The Morgan fingerprint density at radius 3 is 2.40 bits per heavy atom. The summed E-state index contributed by atoms with van der Waals surface area (Å²) in [7, 11) is 2.10. The molecule has 1 aromatic heterocycles. The topological polar surface area (TPSA) is 33.2 Å². The lowest BCUT2D eigenvalue weighted by Crippen LogP contribution is -2.14. The van der Waals surface area contributed by atoms with Crippen molar-refractivity contribution in [2.45, 2.75) is 16.7 Å². The summed E-state index contributed by atoms with van der Waals surface area (Å²) in [4.78, 5) is 22.6. The van der Waals surface area contributed by atoms with E-state index in [0.717, 1.165) is 39.2 Å². The second kappa shape index (κ2) is 6.31. The predicted octanol–water partition coefficient (Wildman–Crippen LogP) is 6.50. The van der Waals surface area contributed by atoms with Crippen molar-refractivity contribution in [2.75, 3.05) is 11.9 Å². The molecule has 30 heavy (non-hydrogen) atoms. The van der Waals surface area contributed by atoms with E-state index < -0.39 is 0 Å². The number of para-hydroxylation sites is 1. The van der Waals surface area contributed by atoms with Gasteiger partial charge in [-0.3, -0.25) is 9.78 Å². The number of hydrogen-bond acceptors (Lipinski definition) is 4. The standard InChI is InChI=1S/C26H18N2OS/c1-15-13-19(24-25(27-15)17-7-3-4-8-18(17)26(24)29)16-11-12-21-23(14-16)30-22-10-6-5-9-20(22)28(21)2/h3-14H,1-2H3. The summed E-state index contributed by atoms with van der Waals surface area (Å²) in [6, 6.07) is 24.7. The molecule has 2 heterocycles. The molecule has 0 atom stereocenters. The molecule has 0 amide bonds. The molecule has 0 spiro atoms. The van der Waals surface area contributed by atoms with Crippen LogP contribution in [0.15, 0.2) is 82.6 Å². The maximum absolute atomic E-state index is 13.2. The molecule has 6 rings (SSSR count). The highest BCUT2D eigenvalue weighted by atomic mass is 32.2. The monoisotopic (exact) mass is 406 g/mol. The van der Waals surface area contributed by atoms with Crippen LogP contribution in [0.4, 0.5) is 11.4 Å². The lowest BCUT2D eigenvalue weighted by Gasteiger charge is -2.29. The average molecular weight is 407 g/mol. The Kier molecular flexibility index (Phi) is 3.68. The van der Waals surface area contributed by atoms with Gasteiger partial charge in [0.15, 0.2) is 5.78 Å². The lowest BCUT2D eigenvalue weighted by atomic mass is 9.97. The molecule has 0 N–H and O–H groups in total. The fourth-order valence-corrected chi connectivity index (χ4v) is 5.65. The second-order valence-corrected chi connectivity index (χ2v) is 8.80. The Bertz CT molecular complexity index is 1380. The van der Waals surface area contributed by atoms with Gasteiger partial charge in [0, 0.05) is 33.7 Å². The van der Waals surface area contributed by atoms with Gasteiger partial charge in [-0.15, -0.1) is 0 Å². The summed E-state index contributed by atoms with van der Waals surface area (Å²) >= 11 is 1.78. The van der Waals surface area contributed by atoms with Crippen LogP contribution >= 0.6 is 11.8 Å². The van der Waals surface area contributed by atoms with Crippen LogP contribution in [0, 0.1) is 6.92 Å². The van der Waals surface area contributed by atoms with Crippen LogP contribution in [0.1, 0.15) is 21.6 Å². The van der Waals surface area contributed by atoms with Gasteiger partial charge in [-0.05, 0) is 48.4 Å². The van der Waals surface area contributed by atoms with Crippen LogP contribution in [-0.4, -0.2) is 17.8 Å². The number of nitrogens with zero attached hydrogens (tertiary/aromatic N) is 2. The van der Waals surface area contributed by atoms with Crippen LogP contribution in [0.3, 0.4) is 0 Å². The Morgan fingerprint density at radius 2 is 1.53 bits per heavy atom. The zero-order valence-corrected chi connectivity index (χ0v) is 17.5. The maximum atomic E-state index is 13.2. The van der Waals surface area contributed by atoms with Crippen LogP contribution in [-0.2, 0) is 0 Å². The molecule has 2 aliphatic rings. The van der Waals surface area contributed by atoms with Gasteiger partial charge in [0.25, 0.3) is 0 Å². The normalized spacial score (nSPS) is 13.5. The summed E-state index contributed by atoms with van der Waals surface area (Å²) in [6.07, 6.45) is 0. The number of aromatic nitrogens is 1. The summed E-state index contributed by atoms with van der Waals surface area (Å²) in [5, 5.41) is 0. The lowest BCUT2D eigenvalue weighted by molar-refractivity contribution is 0.104. The molecule has 4 aromatic rings. The Balaban J connectivity index is 1.53. The van der Waals surface area contributed by atoms with Crippen molar-refractivity contribution in [3.05, 3.63) is 89.6 Å². The van der Waals surface area contributed by atoms with E-state index >= 15 is 0 Å². The first kappa shape index (κ1) is 17.5. The van der Waals surface area contributed by atoms with Crippen molar-refractivity contribution < 1.29 is 4.79 Å². The minimum atomic E-state index is 0.0657. The van der Waals surface area contributed by atoms with Gasteiger partial charge in [0.05, 0.1) is 22.6 Å². The first-order valence-electron chi connectivity index (χ1n) is 9.92. The number of fused-ring (bicyclic) bond motifs is 5. The molecule has 3 nitrogen and oxygen atoms in total. The molecule has 0 radical (unpaired) electrons. The second-order valence-electron chi connectivity index (χ2n) is 7.72. The third kappa shape index (κ3) is 2.40. The molecule has 0 bridgehead atoms. The zero-order valence-electron chi connectivity index (χ0n) is 16.6. The van der Waals surface area contributed by atoms with E-state index in [2.05, 4.69) is 54.4 Å². The fourth-order valence-electron chi connectivity index (χ4n) is 4.46. The van der Waals surface area contributed by atoms with Crippen molar-refractivity contribution in [3.8, 4) is 22.4 Å². The van der Waals surface area contributed by atoms with Gasteiger partial charge >= 0.3 is 0 Å². The molecule has 1 aliphatic carbocycles. The third-order valence-corrected chi connectivity index (χ3v) is 6.99. The van der Waals surface area contributed by atoms with E-state index in [-0.39, 0.29) is 5.78 Å². The SMILES string of the molecule is Cc1cc(-c2ccc3c(c2)Sc2ccccc2N3C)c2c(n1)-c1ccccc1C2=O. The number of aryl methyl sites for hydroxylation is 1. The van der Waals surface area contributed by atoms with Crippen molar-refractivity contribution in [1.29, 1.82) is 0 Å². The molecular weight excluding hydrogens is 388 g/mol. The molecule has 3 aromatic carbocycles. The van der Waals surface area contributed by atoms with Gasteiger partial charge < -0.3 is 4.90 Å². The van der Waals surface area contributed by atoms with Crippen LogP contribution in [0.5, 0.6) is 0 Å². The van der Waals surface area contributed by atoms with Gasteiger partial charge in [-0.2, -0.15) is 0 Å². The summed E-state index contributed by atoms with van der Waals surface area (Å²) in [5.74, 6) is 0.0657. The summed E-state index contributed by atoms with van der Waals surface area (Å²) in [6.45, 7) is 1.99. The Labute approximate surface area is 179 Å². The van der Waals surface area contributed by atoms with Crippen LogP contribution in [0.2, 0.25) is 0 Å². The zero-order chi connectivity index (χ0) is 20.4. The number of rotatable bonds is 1. The largest absolute Gasteiger partial charge is 0.343 e. The molecule has 0 saturated heterocycles. The van der Waals surface area contributed by atoms with E-state index in [9.17, 15) is 4.79 Å². The summed E-state index contributed by atoms with van der Waals surface area (Å²) < 4.78 is 0.